The lowest BCUT2D eigenvalue weighted by Crippen LogP contribution is -2.07. The summed E-state index contributed by atoms with van der Waals surface area (Å²) >= 11 is 0. The molecule has 0 bridgehead atoms. The molecule has 3 N–H and O–H groups in total. The molecule has 0 aromatic heterocycles. The molecule has 1 aliphatic rings. The first kappa shape index (κ1) is 27.4. The van der Waals surface area contributed by atoms with Gasteiger partial charge in [0.1, 0.15) is 0 Å². The number of halogens is 1. The Bertz CT molecular complexity index is 275. The van der Waals surface area contributed by atoms with Crippen molar-refractivity contribution in [1.29, 1.82) is 0 Å². The van der Waals surface area contributed by atoms with E-state index in [1.165, 1.54) is 109 Å². The topological polar surface area (TPSA) is 47.5 Å². The van der Waals surface area contributed by atoms with Crippen molar-refractivity contribution in [3.63, 3.8) is 0 Å². The van der Waals surface area contributed by atoms with E-state index in [2.05, 4.69) is 20.8 Å². The highest BCUT2D eigenvalue weighted by Gasteiger charge is 2.47. The maximum atomic E-state index is 5.63. The molecule has 2 nitrogen and oxygen atoms in total. The van der Waals surface area contributed by atoms with Gasteiger partial charge in [0.25, 0.3) is 0 Å². The summed E-state index contributed by atoms with van der Waals surface area (Å²) in [6.07, 6.45) is 24.9. The maximum absolute atomic E-state index is 5.63. The van der Waals surface area contributed by atoms with E-state index in [4.69, 9.17) is 4.74 Å². The SMILES string of the molecule is CCCCCCCCCCCCCCCCCCC1(C)OC1C.Cl.N. The van der Waals surface area contributed by atoms with Gasteiger partial charge in [-0.3, -0.25) is 0 Å². The van der Waals surface area contributed by atoms with Crippen molar-refractivity contribution in [2.75, 3.05) is 0 Å². The van der Waals surface area contributed by atoms with Crippen LogP contribution in [0.5, 0.6) is 0 Å². The van der Waals surface area contributed by atoms with E-state index in [-0.39, 0.29) is 24.2 Å². The van der Waals surface area contributed by atoms with Crippen molar-refractivity contribution in [2.24, 2.45) is 0 Å². The quantitative estimate of drug-likeness (QED) is 0.204. The molecule has 1 saturated heterocycles. The van der Waals surface area contributed by atoms with Crippen LogP contribution in [0.1, 0.15) is 130 Å². The first-order valence-electron chi connectivity index (χ1n) is 10.9. The minimum atomic E-state index is 0. The van der Waals surface area contributed by atoms with E-state index in [1.807, 2.05) is 0 Å². The van der Waals surface area contributed by atoms with Gasteiger partial charge in [-0.2, -0.15) is 0 Å². The standard InChI is InChI=1S/C22H44O.ClH.H3N/c1-4-5-6-7-8-9-10-11-12-13-14-15-16-17-18-19-20-22(3)21(2)23-22;;/h21H,4-20H2,1-3H3;1H;1H3. The highest BCUT2D eigenvalue weighted by Crippen LogP contribution is 2.40. The van der Waals surface area contributed by atoms with Gasteiger partial charge in [-0.1, -0.05) is 110 Å². The van der Waals surface area contributed by atoms with E-state index in [0.29, 0.717) is 6.10 Å². The molecule has 0 saturated carbocycles. The molecule has 0 amide bonds. The molecule has 0 aliphatic carbocycles. The molecule has 1 aliphatic heterocycles. The highest BCUT2D eigenvalue weighted by atomic mass is 35.5. The van der Waals surface area contributed by atoms with Crippen molar-refractivity contribution in [3.8, 4) is 0 Å². The van der Waals surface area contributed by atoms with Crippen molar-refractivity contribution in [2.45, 2.75) is 142 Å². The zero-order valence-electron chi connectivity index (χ0n) is 17.6. The second-order valence-electron chi connectivity index (χ2n) is 8.13. The fraction of sp³-hybridized carbons (Fsp3) is 1.00. The number of epoxide rings is 1. The van der Waals surface area contributed by atoms with E-state index in [0.717, 1.165) is 0 Å². The summed E-state index contributed by atoms with van der Waals surface area (Å²) < 4.78 is 5.63. The van der Waals surface area contributed by atoms with Crippen LogP contribution >= 0.6 is 12.4 Å². The van der Waals surface area contributed by atoms with Gasteiger partial charge in [0.15, 0.2) is 0 Å². The van der Waals surface area contributed by atoms with Crippen LogP contribution in [0.4, 0.5) is 0 Å². The first-order valence-corrected chi connectivity index (χ1v) is 10.9. The van der Waals surface area contributed by atoms with Gasteiger partial charge in [-0.05, 0) is 20.3 Å². The van der Waals surface area contributed by atoms with Gasteiger partial charge in [0.05, 0.1) is 11.7 Å². The lowest BCUT2D eigenvalue weighted by atomic mass is 9.99. The fourth-order valence-electron chi connectivity index (χ4n) is 3.66. The van der Waals surface area contributed by atoms with Crippen LogP contribution in [0.15, 0.2) is 0 Å². The predicted octanol–water partition coefficient (Wildman–Crippen LogP) is 8.40. The Morgan fingerprint density at radius 3 is 1.20 bits per heavy atom. The summed E-state index contributed by atoms with van der Waals surface area (Å²) in [6, 6.07) is 0. The lowest BCUT2D eigenvalue weighted by Gasteiger charge is -2.06. The number of rotatable bonds is 17. The first-order chi connectivity index (χ1) is 11.2. The Labute approximate surface area is 165 Å². The van der Waals surface area contributed by atoms with E-state index < -0.39 is 0 Å². The van der Waals surface area contributed by atoms with Gasteiger partial charge in [-0.15, -0.1) is 12.4 Å². The number of hydrogen-bond acceptors (Lipinski definition) is 2. The summed E-state index contributed by atoms with van der Waals surface area (Å²) in [5.41, 5.74) is 0.246. The predicted molar refractivity (Wildman–Crippen MR) is 115 cm³/mol. The minimum absolute atomic E-state index is 0. The van der Waals surface area contributed by atoms with Crippen molar-refractivity contribution in [1.82, 2.24) is 6.15 Å². The van der Waals surface area contributed by atoms with Gasteiger partial charge < -0.3 is 10.9 Å². The van der Waals surface area contributed by atoms with Crippen molar-refractivity contribution < 1.29 is 4.74 Å². The van der Waals surface area contributed by atoms with Crippen LogP contribution in [-0.4, -0.2) is 11.7 Å². The lowest BCUT2D eigenvalue weighted by molar-refractivity contribution is 0.292. The zero-order chi connectivity index (χ0) is 16.8. The second kappa shape index (κ2) is 17.6. The van der Waals surface area contributed by atoms with Gasteiger partial charge in [-0.25, -0.2) is 0 Å². The van der Waals surface area contributed by atoms with Crippen molar-refractivity contribution >= 4 is 12.4 Å². The molecule has 1 fully saturated rings. The van der Waals surface area contributed by atoms with Gasteiger partial charge in [0.2, 0.25) is 0 Å². The molecule has 2 unspecified atom stereocenters. The molecule has 0 aromatic carbocycles. The summed E-state index contributed by atoms with van der Waals surface area (Å²) in [6.45, 7) is 6.76. The third kappa shape index (κ3) is 15.0. The van der Waals surface area contributed by atoms with Gasteiger partial charge >= 0.3 is 0 Å². The summed E-state index contributed by atoms with van der Waals surface area (Å²) in [5, 5.41) is 0. The zero-order valence-corrected chi connectivity index (χ0v) is 18.4. The fourth-order valence-corrected chi connectivity index (χ4v) is 3.66. The average Bonchev–Trinajstić information content (AvgIpc) is 3.14. The van der Waals surface area contributed by atoms with E-state index >= 15 is 0 Å². The third-order valence-corrected chi connectivity index (χ3v) is 5.78. The molecule has 25 heavy (non-hydrogen) atoms. The Morgan fingerprint density at radius 1 is 0.640 bits per heavy atom. The average molecular weight is 378 g/mol. The Morgan fingerprint density at radius 2 is 0.920 bits per heavy atom. The number of unbranched alkanes of at least 4 members (excludes halogenated alkanes) is 15. The Balaban J connectivity index is 0. The van der Waals surface area contributed by atoms with E-state index in [9.17, 15) is 0 Å². The van der Waals surface area contributed by atoms with Crippen LogP contribution in [-0.2, 0) is 4.74 Å². The number of hydrogen-bond donors (Lipinski definition) is 1. The van der Waals surface area contributed by atoms with Gasteiger partial charge in [0, 0.05) is 0 Å². The van der Waals surface area contributed by atoms with Crippen LogP contribution in [0, 0.1) is 0 Å². The van der Waals surface area contributed by atoms with Crippen LogP contribution < -0.4 is 6.15 Å². The third-order valence-electron chi connectivity index (χ3n) is 5.78. The molecule has 1 heterocycles. The largest absolute Gasteiger partial charge is 0.367 e. The monoisotopic (exact) mass is 377 g/mol. The molecule has 0 aromatic rings. The van der Waals surface area contributed by atoms with Crippen LogP contribution in [0.25, 0.3) is 0 Å². The summed E-state index contributed by atoms with van der Waals surface area (Å²) in [7, 11) is 0. The molecule has 0 spiro atoms. The van der Waals surface area contributed by atoms with Crippen LogP contribution in [0.3, 0.4) is 0 Å². The minimum Gasteiger partial charge on any atom is -0.367 e. The Hall–Kier alpha value is 0.210. The maximum Gasteiger partial charge on any atom is 0.0917 e. The molecule has 3 heteroatoms. The van der Waals surface area contributed by atoms with Crippen LogP contribution in [0.2, 0.25) is 0 Å². The molecule has 2 atom stereocenters. The highest BCUT2D eigenvalue weighted by molar-refractivity contribution is 5.85. The molecular weight excluding hydrogens is 330 g/mol. The molecule has 154 valence electrons. The molecular formula is C22H48ClNO. The molecule has 1 rings (SSSR count). The number of ether oxygens (including phenoxy) is 1. The smallest absolute Gasteiger partial charge is 0.0917 e. The normalized spacial score (nSPS) is 21.5. The summed E-state index contributed by atoms with van der Waals surface area (Å²) in [4.78, 5) is 0. The summed E-state index contributed by atoms with van der Waals surface area (Å²) in [5.74, 6) is 0. The molecule has 0 radical (unpaired) electrons. The second-order valence-corrected chi connectivity index (χ2v) is 8.13. The van der Waals surface area contributed by atoms with Crippen molar-refractivity contribution in [3.05, 3.63) is 0 Å². The Kier molecular flexibility index (Phi) is 19.3. The van der Waals surface area contributed by atoms with E-state index in [1.54, 1.807) is 0 Å².